The normalized spacial score (nSPS) is 17.2. The van der Waals surface area contributed by atoms with E-state index in [-0.39, 0.29) is 11.3 Å². The number of benzene rings is 3. The van der Waals surface area contributed by atoms with E-state index in [2.05, 4.69) is 0 Å². The van der Waals surface area contributed by atoms with Gasteiger partial charge >= 0.3 is 0 Å². The minimum Gasteiger partial charge on any atom is -0.507 e. The first-order valence-corrected chi connectivity index (χ1v) is 10.2. The molecule has 1 aliphatic heterocycles. The van der Waals surface area contributed by atoms with Gasteiger partial charge in [0.15, 0.2) is 0 Å². The highest BCUT2D eigenvalue weighted by atomic mass is 16.5. The number of aliphatic hydroxyl groups excluding tert-OH is 1. The minimum atomic E-state index is -0.932. The molecule has 0 radical (unpaired) electrons. The van der Waals surface area contributed by atoms with Gasteiger partial charge in [0, 0.05) is 28.9 Å². The summed E-state index contributed by atoms with van der Waals surface area (Å²) < 4.78 is 16.2. The second kappa shape index (κ2) is 9.08. The molecule has 7 nitrogen and oxygen atoms in total. The lowest BCUT2D eigenvalue weighted by atomic mass is 9.94. The van der Waals surface area contributed by atoms with Crippen LogP contribution in [0.4, 0.5) is 5.69 Å². The molecule has 7 heteroatoms. The fourth-order valence-electron chi connectivity index (χ4n) is 3.95. The molecule has 0 unspecified atom stereocenters. The van der Waals surface area contributed by atoms with Crippen LogP contribution < -0.4 is 19.1 Å². The quantitative estimate of drug-likeness (QED) is 0.345. The van der Waals surface area contributed by atoms with E-state index >= 15 is 0 Å². The first kappa shape index (κ1) is 22.0. The smallest absolute Gasteiger partial charge is 0.300 e. The number of anilines is 1. The third-order valence-corrected chi connectivity index (χ3v) is 5.56. The lowest BCUT2D eigenvalue weighted by Gasteiger charge is -2.27. The largest absolute Gasteiger partial charge is 0.507 e. The number of rotatable bonds is 6. The van der Waals surface area contributed by atoms with Crippen LogP contribution >= 0.6 is 0 Å². The topological polar surface area (TPSA) is 85.3 Å². The van der Waals surface area contributed by atoms with Crippen molar-refractivity contribution in [2.24, 2.45) is 0 Å². The molecule has 0 aliphatic carbocycles. The second-order valence-electron chi connectivity index (χ2n) is 7.34. The molecule has 1 saturated heterocycles. The van der Waals surface area contributed by atoms with E-state index in [0.29, 0.717) is 34.1 Å². The van der Waals surface area contributed by atoms with Gasteiger partial charge in [-0.05, 0) is 24.3 Å². The highest BCUT2D eigenvalue weighted by Crippen LogP contribution is 2.46. The summed E-state index contributed by atoms with van der Waals surface area (Å²) in [6, 6.07) is 19.7. The first-order valence-electron chi connectivity index (χ1n) is 10.2. The summed E-state index contributed by atoms with van der Waals surface area (Å²) in [5, 5.41) is 11.2. The Kier molecular flexibility index (Phi) is 6.04. The fraction of sp³-hybridized carbons (Fsp3) is 0.154. The third-order valence-electron chi connectivity index (χ3n) is 5.56. The van der Waals surface area contributed by atoms with Crippen LogP contribution in [0.2, 0.25) is 0 Å². The Morgan fingerprint density at radius 3 is 2.18 bits per heavy atom. The summed E-state index contributed by atoms with van der Waals surface area (Å²) in [6.07, 6.45) is 0. The van der Waals surface area contributed by atoms with E-state index in [4.69, 9.17) is 14.2 Å². The predicted octanol–water partition coefficient (Wildman–Crippen LogP) is 4.34. The Labute approximate surface area is 191 Å². The molecule has 168 valence electrons. The standard InChI is InChI=1S/C26H23NO6/c1-31-18-11-7-10-17(14-18)27-23(20-13-12-19(32-2)15-21(20)33-3)22(25(29)26(27)30)24(28)16-8-5-4-6-9-16/h4-15,23,28H,1-3H3/t23-/m1/s1. The van der Waals surface area contributed by atoms with Crippen molar-refractivity contribution in [2.75, 3.05) is 26.2 Å². The van der Waals surface area contributed by atoms with Gasteiger partial charge in [-0.1, -0.05) is 36.4 Å². The zero-order valence-corrected chi connectivity index (χ0v) is 18.4. The van der Waals surface area contributed by atoms with Crippen LogP contribution in [0.25, 0.3) is 5.76 Å². The van der Waals surface area contributed by atoms with Crippen LogP contribution in [0.1, 0.15) is 17.2 Å². The van der Waals surface area contributed by atoms with Crippen LogP contribution in [-0.2, 0) is 9.59 Å². The molecule has 1 aliphatic rings. The average Bonchev–Trinajstić information content (AvgIpc) is 3.13. The maximum absolute atomic E-state index is 13.3. The Morgan fingerprint density at radius 2 is 1.52 bits per heavy atom. The van der Waals surface area contributed by atoms with Gasteiger partial charge in [-0.15, -0.1) is 0 Å². The van der Waals surface area contributed by atoms with Crippen molar-refractivity contribution in [3.05, 3.63) is 89.5 Å². The molecular weight excluding hydrogens is 422 g/mol. The van der Waals surface area contributed by atoms with Crippen molar-refractivity contribution in [3.8, 4) is 17.2 Å². The lowest BCUT2D eigenvalue weighted by Crippen LogP contribution is -2.29. The van der Waals surface area contributed by atoms with E-state index < -0.39 is 17.7 Å². The fourth-order valence-corrected chi connectivity index (χ4v) is 3.95. The third kappa shape index (κ3) is 3.89. The van der Waals surface area contributed by atoms with Crippen molar-refractivity contribution in [1.29, 1.82) is 0 Å². The molecule has 1 fully saturated rings. The van der Waals surface area contributed by atoms with Gasteiger partial charge in [0.1, 0.15) is 23.0 Å². The van der Waals surface area contributed by atoms with E-state index in [1.54, 1.807) is 72.8 Å². The van der Waals surface area contributed by atoms with Gasteiger partial charge in [0.25, 0.3) is 11.7 Å². The van der Waals surface area contributed by atoms with E-state index in [0.717, 1.165) is 0 Å². The maximum Gasteiger partial charge on any atom is 0.300 e. The number of amides is 1. The number of hydrogen-bond acceptors (Lipinski definition) is 6. The maximum atomic E-state index is 13.3. The van der Waals surface area contributed by atoms with Crippen molar-refractivity contribution < 1.29 is 28.9 Å². The van der Waals surface area contributed by atoms with Crippen molar-refractivity contribution in [1.82, 2.24) is 0 Å². The lowest BCUT2D eigenvalue weighted by molar-refractivity contribution is -0.132. The molecule has 0 bridgehead atoms. The van der Waals surface area contributed by atoms with Crippen LogP contribution in [0.3, 0.4) is 0 Å². The van der Waals surface area contributed by atoms with Gasteiger partial charge in [-0.3, -0.25) is 14.5 Å². The first-order chi connectivity index (χ1) is 16.0. The number of ketones is 1. The minimum absolute atomic E-state index is 0.0301. The Morgan fingerprint density at radius 1 is 0.818 bits per heavy atom. The molecule has 0 spiro atoms. The summed E-state index contributed by atoms with van der Waals surface area (Å²) in [4.78, 5) is 27.9. The molecule has 0 saturated carbocycles. The van der Waals surface area contributed by atoms with E-state index in [1.807, 2.05) is 0 Å². The van der Waals surface area contributed by atoms with Crippen molar-refractivity contribution in [3.63, 3.8) is 0 Å². The van der Waals surface area contributed by atoms with E-state index in [1.165, 1.54) is 26.2 Å². The van der Waals surface area contributed by atoms with Crippen LogP contribution in [0.15, 0.2) is 78.4 Å². The monoisotopic (exact) mass is 445 g/mol. The summed E-state index contributed by atoms with van der Waals surface area (Å²) in [5.41, 5.74) is 1.38. The highest BCUT2D eigenvalue weighted by Gasteiger charge is 2.48. The highest BCUT2D eigenvalue weighted by molar-refractivity contribution is 6.51. The molecule has 33 heavy (non-hydrogen) atoms. The zero-order chi connectivity index (χ0) is 23.5. The zero-order valence-electron chi connectivity index (χ0n) is 18.4. The Bertz CT molecular complexity index is 1230. The molecule has 3 aromatic carbocycles. The number of hydrogen-bond donors (Lipinski definition) is 1. The molecule has 1 N–H and O–H groups in total. The van der Waals surface area contributed by atoms with Crippen molar-refractivity contribution in [2.45, 2.75) is 6.04 Å². The molecular formula is C26H23NO6. The SMILES string of the molecule is COc1cccc(N2C(=O)C(=O)C(=C(O)c3ccccc3)[C@H]2c2ccc(OC)cc2OC)c1. The summed E-state index contributed by atoms with van der Waals surface area (Å²) >= 11 is 0. The molecule has 0 aromatic heterocycles. The number of ether oxygens (including phenoxy) is 3. The summed E-state index contributed by atoms with van der Waals surface area (Å²) in [5.74, 6) is -0.323. The van der Waals surface area contributed by atoms with E-state index in [9.17, 15) is 14.7 Å². The van der Waals surface area contributed by atoms with Gasteiger partial charge < -0.3 is 19.3 Å². The number of carbonyl (C=O) groups is 2. The predicted molar refractivity (Wildman–Crippen MR) is 124 cm³/mol. The van der Waals surface area contributed by atoms with Crippen LogP contribution in [0.5, 0.6) is 17.2 Å². The number of aliphatic hydroxyl groups is 1. The summed E-state index contributed by atoms with van der Waals surface area (Å²) in [7, 11) is 4.55. The number of carbonyl (C=O) groups excluding carboxylic acids is 2. The van der Waals surface area contributed by atoms with Crippen molar-refractivity contribution >= 4 is 23.1 Å². The number of nitrogens with zero attached hydrogens (tertiary/aromatic N) is 1. The van der Waals surface area contributed by atoms with Crippen LogP contribution in [-0.4, -0.2) is 38.1 Å². The Balaban J connectivity index is 1.99. The molecule has 1 amide bonds. The number of methoxy groups -OCH3 is 3. The number of Topliss-reactive ketones (excluding diaryl/α,β-unsaturated/α-hetero) is 1. The van der Waals surface area contributed by atoms with Gasteiger partial charge in [-0.25, -0.2) is 0 Å². The van der Waals surface area contributed by atoms with Gasteiger partial charge in [0.2, 0.25) is 0 Å². The molecule has 4 rings (SSSR count). The van der Waals surface area contributed by atoms with Gasteiger partial charge in [0.05, 0.1) is 32.9 Å². The molecule has 1 heterocycles. The second-order valence-corrected chi connectivity index (χ2v) is 7.34. The Hall–Kier alpha value is -4.26. The molecule has 1 atom stereocenters. The molecule has 3 aromatic rings. The summed E-state index contributed by atoms with van der Waals surface area (Å²) in [6.45, 7) is 0. The van der Waals surface area contributed by atoms with Gasteiger partial charge in [-0.2, -0.15) is 0 Å². The van der Waals surface area contributed by atoms with Crippen LogP contribution in [0, 0.1) is 0 Å². The average molecular weight is 445 g/mol.